The summed E-state index contributed by atoms with van der Waals surface area (Å²) in [6, 6.07) is 16.7. The number of hydrogen-bond donors (Lipinski definition) is 7. The van der Waals surface area contributed by atoms with Crippen molar-refractivity contribution >= 4 is 29.8 Å². The van der Waals surface area contributed by atoms with Crippen molar-refractivity contribution in [3.8, 4) is 0 Å². The molecule has 3 atom stereocenters. The van der Waals surface area contributed by atoms with Crippen LogP contribution in [0.5, 0.6) is 0 Å². The predicted molar refractivity (Wildman–Crippen MR) is 183 cm³/mol. The summed E-state index contributed by atoms with van der Waals surface area (Å²) < 4.78 is 5.32. The average Bonchev–Trinajstić information content (AvgIpc) is 3.03. The van der Waals surface area contributed by atoms with Gasteiger partial charge in [-0.1, -0.05) is 94.4 Å². The molecule has 12 nitrogen and oxygen atoms in total. The smallest absolute Gasteiger partial charge is 0.408 e. The molecule has 0 aliphatic rings. The van der Waals surface area contributed by atoms with E-state index in [0.717, 1.165) is 11.1 Å². The lowest BCUT2D eigenvalue weighted by Gasteiger charge is -2.28. The molecule has 8 N–H and O–H groups in total. The van der Waals surface area contributed by atoms with E-state index in [-0.39, 0.29) is 55.2 Å². The number of benzene rings is 2. The molecule has 0 fully saturated rings. The standard InChI is InChI=1S/C35H51N7O5/c1-24(2)21-29(33(45)41-30(25(3)4)22-39-31(43)19-11-17-26-13-7-5-8-14-26)40-32(44)28(18-12-20-38-34(36)37)42-35(46)47-23-27-15-9-6-10-16-27/h5-11,13-16,19,24-25,28-30H,12,17-18,20-23H2,1-4H3,(H,39,43)(H,40,44)(H,41,45)(H,42,46)(H4,36,37,38)/b19-11+/t28-,29-,30+/m0/s1. The first-order chi connectivity index (χ1) is 22.4. The summed E-state index contributed by atoms with van der Waals surface area (Å²) in [6.45, 7) is 8.32. The van der Waals surface area contributed by atoms with Crippen molar-refractivity contribution in [1.29, 1.82) is 5.41 Å². The van der Waals surface area contributed by atoms with Crippen LogP contribution < -0.4 is 32.3 Å². The monoisotopic (exact) mass is 649 g/mol. The number of alkyl carbamates (subject to hydrolysis) is 1. The van der Waals surface area contributed by atoms with Crippen molar-refractivity contribution in [3.05, 3.63) is 83.9 Å². The molecule has 0 aromatic heterocycles. The Morgan fingerprint density at radius 2 is 1.45 bits per heavy atom. The zero-order valence-corrected chi connectivity index (χ0v) is 27.9. The van der Waals surface area contributed by atoms with E-state index >= 15 is 0 Å². The predicted octanol–water partition coefficient (Wildman–Crippen LogP) is 3.13. The molecule has 0 aliphatic carbocycles. The van der Waals surface area contributed by atoms with Crippen molar-refractivity contribution in [2.75, 3.05) is 13.1 Å². The highest BCUT2D eigenvalue weighted by Crippen LogP contribution is 2.10. The lowest BCUT2D eigenvalue weighted by molar-refractivity contribution is -0.131. The lowest BCUT2D eigenvalue weighted by atomic mass is 9.99. The first kappa shape index (κ1) is 38.3. The van der Waals surface area contributed by atoms with Crippen LogP contribution in [-0.2, 0) is 32.1 Å². The molecule has 4 amide bonds. The Morgan fingerprint density at radius 3 is 2.04 bits per heavy atom. The van der Waals surface area contributed by atoms with Crippen LogP contribution in [0.2, 0.25) is 0 Å². The van der Waals surface area contributed by atoms with E-state index in [0.29, 0.717) is 25.8 Å². The summed E-state index contributed by atoms with van der Waals surface area (Å²) in [7, 11) is 0. The minimum Gasteiger partial charge on any atom is -0.445 e. The highest BCUT2D eigenvalue weighted by atomic mass is 16.5. The Kier molecular flexibility index (Phi) is 17.1. The van der Waals surface area contributed by atoms with Gasteiger partial charge in [-0.05, 0) is 54.7 Å². The molecule has 0 heterocycles. The minimum atomic E-state index is -1.00. The maximum Gasteiger partial charge on any atom is 0.408 e. The van der Waals surface area contributed by atoms with Gasteiger partial charge in [0.25, 0.3) is 0 Å². The number of hydrogen-bond acceptors (Lipinski definition) is 6. The highest BCUT2D eigenvalue weighted by molar-refractivity contribution is 5.91. The first-order valence-electron chi connectivity index (χ1n) is 16.1. The minimum absolute atomic E-state index is 0.00877. The number of guanidine groups is 1. The topological polar surface area (TPSA) is 188 Å². The average molecular weight is 650 g/mol. The summed E-state index contributed by atoms with van der Waals surface area (Å²) in [5.74, 6) is -1.33. The molecule has 0 saturated heterocycles. The quantitative estimate of drug-likeness (QED) is 0.0527. The van der Waals surface area contributed by atoms with Gasteiger partial charge in [0.05, 0.1) is 0 Å². The van der Waals surface area contributed by atoms with E-state index in [1.54, 1.807) is 6.08 Å². The van der Waals surface area contributed by atoms with Crippen molar-refractivity contribution < 1.29 is 23.9 Å². The Hall–Kier alpha value is -4.87. The molecular formula is C35H51N7O5. The number of carbonyl (C=O) groups excluding carboxylic acids is 4. The molecule has 0 saturated carbocycles. The van der Waals surface area contributed by atoms with Crippen LogP contribution in [0.1, 0.15) is 58.1 Å². The second kappa shape index (κ2) is 21.0. The number of allylic oxidation sites excluding steroid dienone is 1. The summed E-state index contributed by atoms with van der Waals surface area (Å²) in [5.41, 5.74) is 7.25. The Bertz CT molecular complexity index is 1300. The number of nitrogens with two attached hydrogens (primary N) is 1. The van der Waals surface area contributed by atoms with Crippen molar-refractivity contribution in [1.82, 2.24) is 26.6 Å². The molecule has 0 aliphatic heterocycles. The third-order valence-corrected chi connectivity index (χ3v) is 7.24. The van der Waals surface area contributed by atoms with Crippen LogP contribution >= 0.6 is 0 Å². The Morgan fingerprint density at radius 1 is 0.830 bits per heavy atom. The molecule has 0 bridgehead atoms. The van der Waals surface area contributed by atoms with Crippen LogP contribution in [0.25, 0.3) is 0 Å². The van der Waals surface area contributed by atoms with E-state index in [2.05, 4.69) is 26.6 Å². The lowest BCUT2D eigenvalue weighted by Crippen LogP contribution is -2.57. The molecule has 2 rings (SSSR count). The number of rotatable bonds is 19. The maximum atomic E-state index is 13.5. The number of amides is 4. The van der Waals surface area contributed by atoms with Gasteiger partial charge >= 0.3 is 6.09 Å². The number of carbonyl (C=O) groups is 4. The van der Waals surface area contributed by atoms with Gasteiger partial charge in [0.2, 0.25) is 17.7 Å². The molecule has 0 radical (unpaired) electrons. The van der Waals surface area contributed by atoms with Crippen LogP contribution in [0.15, 0.2) is 72.8 Å². The summed E-state index contributed by atoms with van der Waals surface area (Å²) in [4.78, 5) is 52.2. The zero-order chi connectivity index (χ0) is 34.6. The number of nitrogens with one attached hydrogen (secondary N) is 6. The van der Waals surface area contributed by atoms with Gasteiger partial charge in [0.15, 0.2) is 5.96 Å². The van der Waals surface area contributed by atoms with Crippen LogP contribution in [0.3, 0.4) is 0 Å². The molecule has 47 heavy (non-hydrogen) atoms. The van der Waals surface area contributed by atoms with Crippen LogP contribution in [0, 0.1) is 17.2 Å². The van der Waals surface area contributed by atoms with E-state index < -0.39 is 24.1 Å². The normalized spacial score (nSPS) is 13.0. The fourth-order valence-corrected chi connectivity index (χ4v) is 4.60. The SMILES string of the molecule is CC(C)C[C@H](NC(=O)[C@H](CCCNC(=N)N)NC(=O)OCc1ccccc1)C(=O)N[C@H](CNC(=O)/C=C/Cc1ccccc1)C(C)C. The van der Waals surface area contributed by atoms with Crippen LogP contribution in [0.4, 0.5) is 4.79 Å². The summed E-state index contributed by atoms with van der Waals surface area (Å²) >= 11 is 0. The third kappa shape index (κ3) is 16.3. The van der Waals surface area contributed by atoms with Gasteiger partial charge in [0, 0.05) is 19.1 Å². The molecule has 0 spiro atoms. The van der Waals surface area contributed by atoms with Crippen molar-refractivity contribution in [2.45, 2.75) is 78.1 Å². The van der Waals surface area contributed by atoms with E-state index in [1.807, 2.05) is 88.4 Å². The molecule has 2 aromatic carbocycles. The Balaban J connectivity index is 2.03. The molecule has 256 valence electrons. The first-order valence-corrected chi connectivity index (χ1v) is 16.1. The van der Waals surface area contributed by atoms with Gasteiger partial charge in [-0.25, -0.2) is 4.79 Å². The second-order valence-corrected chi connectivity index (χ2v) is 12.1. The van der Waals surface area contributed by atoms with Crippen molar-refractivity contribution in [3.63, 3.8) is 0 Å². The van der Waals surface area contributed by atoms with Gasteiger partial charge in [-0.2, -0.15) is 0 Å². The van der Waals surface area contributed by atoms with Gasteiger partial charge in [-0.15, -0.1) is 0 Å². The molecule has 0 unspecified atom stereocenters. The van der Waals surface area contributed by atoms with Crippen molar-refractivity contribution in [2.24, 2.45) is 17.6 Å². The second-order valence-electron chi connectivity index (χ2n) is 12.1. The Labute approximate surface area is 278 Å². The van der Waals surface area contributed by atoms with E-state index in [9.17, 15) is 19.2 Å². The zero-order valence-electron chi connectivity index (χ0n) is 27.9. The van der Waals surface area contributed by atoms with Gasteiger partial charge < -0.3 is 37.1 Å². The fraction of sp³-hybridized carbons (Fsp3) is 0.457. The number of ether oxygens (including phenoxy) is 1. The maximum absolute atomic E-state index is 13.5. The molecular weight excluding hydrogens is 598 g/mol. The van der Waals surface area contributed by atoms with Gasteiger partial charge in [0.1, 0.15) is 18.7 Å². The largest absolute Gasteiger partial charge is 0.445 e. The molecule has 2 aromatic rings. The fourth-order valence-electron chi connectivity index (χ4n) is 4.60. The van der Waals surface area contributed by atoms with E-state index in [1.165, 1.54) is 6.08 Å². The third-order valence-electron chi connectivity index (χ3n) is 7.24. The molecule has 12 heteroatoms. The summed E-state index contributed by atoms with van der Waals surface area (Å²) in [6.07, 6.45) is 4.11. The summed E-state index contributed by atoms with van der Waals surface area (Å²) in [5, 5.41) is 21.3. The van der Waals surface area contributed by atoms with Crippen LogP contribution in [-0.4, -0.2) is 61.0 Å². The van der Waals surface area contributed by atoms with E-state index in [4.69, 9.17) is 15.9 Å². The highest BCUT2D eigenvalue weighted by Gasteiger charge is 2.29. The van der Waals surface area contributed by atoms with Gasteiger partial charge in [-0.3, -0.25) is 19.8 Å².